The molecular formula is C25H28O6. The summed E-state index contributed by atoms with van der Waals surface area (Å²) in [6.45, 7) is 3.89. The van der Waals surface area contributed by atoms with E-state index in [1.807, 2.05) is 44.2 Å². The molecule has 0 unspecified atom stereocenters. The number of methoxy groups -OCH3 is 4. The summed E-state index contributed by atoms with van der Waals surface area (Å²) >= 11 is 0. The molecule has 0 heterocycles. The number of hydrogen-bond donors (Lipinski definition) is 0. The van der Waals surface area contributed by atoms with Crippen molar-refractivity contribution in [3.05, 3.63) is 59.2 Å². The van der Waals surface area contributed by atoms with E-state index in [4.69, 9.17) is 18.9 Å². The van der Waals surface area contributed by atoms with Gasteiger partial charge in [0.15, 0.2) is 5.78 Å². The molecule has 1 aliphatic rings. The lowest BCUT2D eigenvalue weighted by Crippen LogP contribution is -2.36. The van der Waals surface area contributed by atoms with E-state index in [1.165, 1.54) is 21.3 Å². The highest BCUT2D eigenvalue weighted by Gasteiger charge is 2.54. The van der Waals surface area contributed by atoms with Crippen LogP contribution in [0.25, 0.3) is 5.57 Å². The molecule has 0 fully saturated rings. The molecule has 0 aromatic heterocycles. The van der Waals surface area contributed by atoms with E-state index in [9.17, 15) is 9.59 Å². The first-order valence-corrected chi connectivity index (χ1v) is 10.1. The SMILES string of the molecule is CC[C@H]1C(c2c(OC)cc(OC)cc2OC)=C(C(=O)OC)C(=O)[C@]1(C)c1ccccc1. The Bertz CT molecular complexity index is 999. The Morgan fingerprint density at radius 1 is 0.968 bits per heavy atom. The largest absolute Gasteiger partial charge is 0.496 e. The summed E-state index contributed by atoms with van der Waals surface area (Å²) in [5.74, 6) is 0.214. The van der Waals surface area contributed by atoms with Gasteiger partial charge in [-0.15, -0.1) is 0 Å². The fourth-order valence-corrected chi connectivity index (χ4v) is 4.61. The molecule has 6 heteroatoms. The summed E-state index contributed by atoms with van der Waals surface area (Å²) in [5, 5.41) is 0. The summed E-state index contributed by atoms with van der Waals surface area (Å²) in [7, 11) is 5.89. The number of allylic oxidation sites excluding steroid dienone is 1. The van der Waals surface area contributed by atoms with Crippen LogP contribution in [0.4, 0.5) is 0 Å². The van der Waals surface area contributed by atoms with E-state index < -0.39 is 11.4 Å². The standard InChI is InChI=1S/C25H28O6/c1-7-17-20(21-18(29-4)13-16(28-3)14-19(21)30-5)22(24(27)31-6)23(26)25(17,2)15-11-9-8-10-12-15/h8-14,17H,7H2,1-6H3/t17-,25+/m0/s1. The zero-order valence-electron chi connectivity index (χ0n) is 18.8. The topological polar surface area (TPSA) is 71.1 Å². The molecule has 0 radical (unpaired) electrons. The first-order chi connectivity index (χ1) is 14.9. The van der Waals surface area contributed by atoms with Crippen molar-refractivity contribution in [3.8, 4) is 17.2 Å². The molecule has 2 aromatic rings. The summed E-state index contributed by atoms with van der Waals surface area (Å²) in [4.78, 5) is 26.7. The van der Waals surface area contributed by atoms with Gasteiger partial charge in [0.05, 0.1) is 39.4 Å². The van der Waals surface area contributed by atoms with Gasteiger partial charge in [0, 0.05) is 18.1 Å². The third kappa shape index (κ3) is 3.46. The molecule has 0 N–H and O–H groups in total. The van der Waals surface area contributed by atoms with Crippen LogP contribution in [0.3, 0.4) is 0 Å². The number of ether oxygens (including phenoxy) is 4. The van der Waals surface area contributed by atoms with Gasteiger partial charge in [-0.3, -0.25) is 4.79 Å². The van der Waals surface area contributed by atoms with Crippen molar-refractivity contribution in [2.24, 2.45) is 5.92 Å². The molecule has 2 atom stereocenters. The fourth-order valence-electron chi connectivity index (χ4n) is 4.61. The molecule has 0 bridgehead atoms. The smallest absolute Gasteiger partial charge is 0.341 e. The van der Waals surface area contributed by atoms with Gasteiger partial charge in [-0.25, -0.2) is 4.79 Å². The molecule has 0 aliphatic heterocycles. The van der Waals surface area contributed by atoms with Crippen molar-refractivity contribution in [2.75, 3.05) is 28.4 Å². The van der Waals surface area contributed by atoms with Crippen molar-refractivity contribution in [1.82, 2.24) is 0 Å². The van der Waals surface area contributed by atoms with Crippen LogP contribution in [-0.2, 0) is 19.7 Å². The number of hydrogen-bond acceptors (Lipinski definition) is 6. The minimum Gasteiger partial charge on any atom is -0.496 e. The Morgan fingerprint density at radius 3 is 2.00 bits per heavy atom. The van der Waals surface area contributed by atoms with Crippen molar-refractivity contribution in [3.63, 3.8) is 0 Å². The van der Waals surface area contributed by atoms with Gasteiger partial charge in [-0.05, 0) is 24.5 Å². The quantitative estimate of drug-likeness (QED) is 0.490. The number of esters is 1. The monoisotopic (exact) mass is 424 g/mol. The van der Waals surface area contributed by atoms with Gasteiger partial charge in [-0.1, -0.05) is 37.3 Å². The summed E-state index contributed by atoms with van der Waals surface area (Å²) < 4.78 is 21.7. The van der Waals surface area contributed by atoms with Gasteiger partial charge < -0.3 is 18.9 Å². The predicted molar refractivity (Wildman–Crippen MR) is 118 cm³/mol. The molecule has 0 saturated carbocycles. The van der Waals surface area contributed by atoms with E-state index in [2.05, 4.69) is 0 Å². The molecule has 1 aliphatic carbocycles. The van der Waals surface area contributed by atoms with E-state index in [0.29, 0.717) is 34.8 Å². The fraction of sp³-hybridized carbons (Fsp3) is 0.360. The summed E-state index contributed by atoms with van der Waals surface area (Å²) in [6, 6.07) is 13.0. The Morgan fingerprint density at radius 2 is 1.55 bits per heavy atom. The normalized spacial score (nSPS) is 20.6. The van der Waals surface area contributed by atoms with Crippen LogP contribution < -0.4 is 14.2 Å². The van der Waals surface area contributed by atoms with Crippen molar-refractivity contribution < 1.29 is 28.5 Å². The lowest BCUT2D eigenvalue weighted by molar-refractivity contribution is -0.138. The molecule has 0 spiro atoms. The van der Waals surface area contributed by atoms with Crippen LogP contribution in [0.15, 0.2) is 48.0 Å². The van der Waals surface area contributed by atoms with Crippen LogP contribution in [0.1, 0.15) is 31.4 Å². The van der Waals surface area contributed by atoms with Gasteiger partial charge in [0.2, 0.25) is 0 Å². The molecule has 0 saturated heterocycles. The highest BCUT2D eigenvalue weighted by Crippen LogP contribution is 2.55. The zero-order valence-corrected chi connectivity index (χ0v) is 18.8. The molecule has 164 valence electrons. The number of carbonyl (C=O) groups is 2. The van der Waals surface area contributed by atoms with Crippen molar-refractivity contribution in [1.29, 1.82) is 0 Å². The lowest BCUT2D eigenvalue weighted by atomic mass is 9.69. The van der Waals surface area contributed by atoms with Crippen LogP contribution in [0, 0.1) is 5.92 Å². The van der Waals surface area contributed by atoms with Crippen LogP contribution in [0.2, 0.25) is 0 Å². The Balaban J connectivity index is 2.39. The van der Waals surface area contributed by atoms with Crippen LogP contribution in [0.5, 0.6) is 17.2 Å². The number of ketones is 1. The Hall–Kier alpha value is -3.28. The zero-order chi connectivity index (χ0) is 22.8. The average molecular weight is 424 g/mol. The number of rotatable bonds is 7. The van der Waals surface area contributed by atoms with Gasteiger partial charge in [-0.2, -0.15) is 0 Å². The van der Waals surface area contributed by atoms with Gasteiger partial charge in [0.25, 0.3) is 0 Å². The number of carbonyl (C=O) groups excluding carboxylic acids is 2. The number of benzene rings is 2. The minimum atomic E-state index is -0.940. The highest BCUT2D eigenvalue weighted by molar-refractivity contribution is 6.30. The maximum Gasteiger partial charge on any atom is 0.341 e. The van der Waals surface area contributed by atoms with E-state index in [-0.39, 0.29) is 17.3 Å². The molecule has 6 nitrogen and oxygen atoms in total. The van der Waals surface area contributed by atoms with Crippen molar-refractivity contribution in [2.45, 2.75) is 25.7 Å². The second kappa shape index (κ2) is 8.84. The molecule has 0 amide bonds. The van der Waals surface area contributed by atoms with Crippen LogP contribution in [-0.4, -0.2) is 40.2 Å². The number of Topliss-reactive ketones (excluding diaryl/α,β-unsaturated/α-hetero) is 1. The van der Waals surface area contributed by atoms with Crippen molar-refractivity contribution >= 4 is 17.3 Å². The van der Waals surface area contributed by atoms with Crippen LogP contribution >= 0.6 is 0 Å². The third-order valence-corrected chi connectivity index (χ3v) is 6.17. The first kappa shape index (κ1) is 22.4. The maximum atomic E-state index is 13.8. The lowest BCUT2D eigenvalue weighted by Gasteiger charge is -2.32. The maximum absolute atomic E-state index is 13.8. The average Bonchev–Trinajstić information content (AvgIpc) is 3.05. The third-order valence-electron chi connectivity index (χ3n) is 6.17. The van der Waals surface area contributed by atoms with E-state index in [0.717, 1.165) is 5.56 Å². The summed E-state index contributed by atoms with van der Waals surface area (Å²) in [5.41, 5.74) is 1.07. The molecule has 3 rings (SSSR count). The van der Waals surface area contributed by atoms with Gasteiger partial charge in [0.1, 0.15) is 22.8 Å². The predicted octanol–water partition coefficient (Wildman–Crippen LogP) is 4.21. The van der Waals surface area contributed by atoms with E-state index in [1.54, 1.807) is 19.2 Å². The minimum absolute atomic E-state index is 0.0301. The summed E-state index contributed by atoms with van der Waals surface area (Å²) in [6.07, 6.45) is 0.616. The Labute approximate surface area is 182 Å². The molecular weight excluding hydrogens is 396 g/mol. The van der Waals surface area contributed by atoms with E-state index >= 15 is 0 Å². The highest BCUT2D eigenvalue weighted by atomic mass is 16.5. The molecule has 31 heavy (non-hydrogen) atoms. The Kier molecular flexibility index (Phi) is 6.39. The second-order valence-corrected chi connectivity index (χ2v) is 7.55. The second-order valence-electron chi connectivity index (χ2n) is 7.55. The van der Waals surface area contributed by atoms with Gasteiger partial charge >= 0.3 is 5.97 Å². The molecule has 2 aromatic carbocycles. The first-order valence-electron chi connectivity index (χ1n) is 10.1.